The molecule has 1 unspecified atom stereocenters. The summed E-state index contributed by atoms with van der Waals surface area (Å²) < 4.78 is 35.2. The van der Waals surface area contributed by atoms with Gasteiger partial charge in [-0.1, -0.05) is 125 Å². The van der Waals surface area contributed by atoms with Crippen molar-refractivity contribution in [2.45, 2.75) is 77.2 Å². The molecule has 0 bridgehead atoms. The number of ether oxygens (including phenoxy) is 1. The molecule has 0 aromatic heterocycles. The summed E-state index contributed by atoms with van der Waals surface area (Å²) in [5.74, 6) is -0.271. The third-order valence-electron chi connectivity index (χ3n) is 5.61. The molecule has 2 aromatic carbocycles. The fraction of sp³-hybridized carbons (Fsp3) is 0.519. The maximum atomic E-state index is 12.9. The average molecular weight is 475 g/mol. The topological polar surface area (TPSA) is 69.7 Å². The normalized spacial score (nSPS) is 12.5. The highest BCUT2D eigenvalue weighted by atomic mass is 32.2. The van der Waals surface area contributed by atoms with Crippen molar-refractivity contribution in [3.63, 3.8) is 0 Å². The summed E-state index contributed by atoms with van der Waals surface area (Å²) in [4.78, 5) is 12.9. The average Bonchev–Trinajstić information content (AvgIpc) is 2.84. The van der Waals surface area contributed by atoms with E-state index in [4.69, 9.17) is 8.92 Å². The molecule has 33 heavy (non-hydrogen) atoms. The highest BCUT2D eigenvalue weighted by molar-refractivity contribution is 7.86. The molecule has 0 saturated carbocycles. The molecule has 0 fully saturated rings. The molecule has 182 valence electrons. The lowest BCUT2D eigenvalue weighted by Crippen LogP contribution is -2.20. The molecule has 1 atom stereocenters. The fourth-order valence-corrected chi connectivity index (χ4v) is 4.58. The minimum absolute atomic E-state index is 0.0322. The van der Waals surface area contributed by atoms with Crippen LogP contribution in [0.15, 0.2) is 60.7 Å². The molecule has 0 spiro atoms. The number of ketones is 1. The number of benzene rings is 2. The molecule has 0 aliphatic rings. The van der Waals surface area contributed by atoms with Gasteiger partial charge in [-0.05, 0) is 12.0 Å². The predicted molar refractivity (Wildman–Crippen MR) is 133 cm³/mol. The standard InChI is InChI=1S/C27H38O5S/c1-2-3-4-5-6-7-8-9-10-17-22-33(29,30)32-23-31-27(25-20-15-12-16-21-25)26(28)24-18-13-11-14-19-24/h11-16,18-21,27H,2-10,17,22-23H2,1H3. The second-order valence-corrected chi connectivity index (χ2v) is 10.1. The van der Waals surface area contributed by atoms with Crippen molar-refractivity contribution in [2.24, 2.45) is 0 Å². The van der Waals surface area contributed by atoms with Gasteiger partial charge in [-0.25, -0.2) is 4.18 Å². The van der Waals surface area contributed by atoms with Crippen LogP contribution in [0.5, 0.6) is 0 Å². The third kappa shape index (κ3) is 11.1. The molecule has 0 heterocycles. The zero-order valence-electron chi connectivity index (χ0n) is 19.8. The summed E-state index contributed by atoms with van der Waals surface area (Å²) >= 11 is 0. The summed E-state index contributed by atoms with van der Waals surface area (Å²) in [6.07, 6.45) is 10.4. The molecule has 2 rings (SSSR count). The second kappa shape index (κ2) is 15.8. The van der Waals surface area contributed by atoms with Gasteiger partial charge in [0.25, 0.3) is 10.1 Å². The summed E-state index contributed by atoms with van der Waals surface area (Å²) in [6, 6.07) is 17.9. The number of carbonyl (C=O) groups is 1. The lowest BCUT2D eigenvalue weighted by atomic mass is 10.00. The molecular formula is C27H38O5S. The molecule has 0 saturated heterocycles. The van der Waals surface area contributed by atoms with Crippen LogP contribution in [0.25, 0.3) is 0 Å². The minimum atomic E-state index is -3.69. The maximum Gasteiger partial charge on any atom is 0.269 e. The Balaban J connectivity index is 1.73. The van der Waals surface area contributed by atoms with Gasteiger partial charge < -0.3 is 4.74 Å². The van der Waals surface area contributed by atoms with Gasteiger partial charge in [0.05, 0.1) is 5.75 Å². The largest absolute Gasteiger partial charge is 0.338 e. The van der Waals surface area contributed by atoms with Gasteiger partial charge in [0.2, 0.25) is 0 Å². The van der Waals surface area contributed by atoms with Gasteiger partial charge in [-0.15, -0.1) is 0 Å². The Labute approximate surface area is 199 Å². The molecular weight excluding hydrogens is 436 g/mol. The lowest BCUT2D eigenvalue weighted by molar-refractivity contribution is -0.0237. The van der Waals surface area contributed by atoms with E-state index >= 15 is 0 Å². The summed E-state index contributed by atoms with van der Waals surface area (Å²) in [6.45, 7) is 1.73. The predicted octanol–water partition coefficient (Wildman–Crippen LogP) is 6.85. The number of hydrogen-bond acceptors (Lipinski definition) is 5. The number of Topliss-reactive ketones (excluding diaryl/α,β-unsaturated/α-hetero) is 1. The first-order chi connectivity index (χ1) is 16.0. The molecule has 0 aliphatic heterocycles. The van der Waals surface area contributed by atoms with E-state index in [9.17, 15) is 13.2 Å². The van der Waals surface area contributed by atoms with E-state index in [2.05, 4.69) is 6.92 Å². The van der Waals surface area contributed by atoms with E-state index in [0.29, 0.717) is 17.5 Å². The van der Waals surface area contributed by atoms with Crippen molar-refractivity contribution in [3.8, 4) is 0 Å². The molecule has 0 aliphatic carbocycles. The van der Waals surface area contributed by atoms with Gasteiger partial charge in [-0.3, -0.25) is 4.79 Å². The van der Waals surface area contributed by atoms with Gasteiger partial charge in [0.15, 0.2) is 12.6 Å². The van der Waals surface area contributed by atoms with Crippen molar-refractivity contribution >= 4 is 15.9 Å². The molecule has 0 amide bonds. The van der Waals surface area contributed by atoms with Gasteiger partial charge in [-0.2, -0.15) is 8.42 Å². The molecule has 2 aromatic rings. The molecule has 6 heteroatoms. The third-order valence-corrected chi connectivity index (χ3v) is 6.85. The van der Waals surface area contributed by atoms with Crippen molar-refractivity contribution < 1.29 is 22.1 Å². The Hall–Kier alpha value is -2.02. The van der Waals surface area contributed by atoms with E-state index in [1.807, 2.05) is 24.3 Å². The summed E-state index contributed by atoms with van der Waals surface area (Å²) in [5.41, 5.74) is 1.15. The van der Waals surface area contributed by atoms with Crippen LogP contribution in [0.1, 0.15) is 93.2 Å². The highest BCUT2D eigenvalue weighted by Crippen LogP contribution is 2.23. The first-order valence-electron chi connectivity index (χ1n) is 12.2. The van der Waals surface area contributed by atoms with Crippen molar-refractivity contribution in [1.29, 1.82) is 0 Å². The van der Waals surface area contributed by atoms with Gasteiger partial charge in [0.1, 0.15) is 6.10 Å². The molecule has 0 N–H and O–H groups in total. The van der Waals surface area contributed by atoms with E-state index in [0.717, 1.165) is 19.3 Å². The Kier molecular flexibility index (Phi) is 13.0. The van der Waals surface area contributed by atoms with E-state index in [-0.39, 0.29) is 11.5 Å². The lowest BCUT2D eigenvalue weighted by Gasteiger charge is -2.17. The number of rotatable bonds is 18. The van der Waals surface area contributed by atoms with Gasteiger partial charge in [0, 0.05) is 5.56 Å². The summed E-state index contributed by atoms with van der Waals surface area (Å²) in [7, 11) is -3.69. The van der Waals surface area contributed by atoms with Crippen LogP contribution in [0, 0.1) is 0 Å². The number of hydrogen-bond donors (Lipinski definition) is 0. The minimum Gasteiger partial charge on any atom is -0.338 e. The van der Waals surface area contributed by atoms with Gasteiger partial charge >= 0.3 is 0 Å². The van der Waals surface area contributed by atoms with Crippen LogP contribution in [-0.4, -0.2) is 26.7 Å². The smallest absolute Gasteiger partial charge is 0.269 e. The van der Waals surface area contributed by atoms with Crippen LogP contribution >= 0.6 is 0 Å². The SMILES string of the molecule is CCCCCCCCCCCCS(=O)(=O)OCOC(C(=O)c1ccccc1)c1ccccc1. The van der Waals surface area contributed by atoms with Crippen LogP contribution in [0.3, 0.4) is 0 Å². The second-order valence-electron chi connectivity index (χ2n) is 8.37. The highest BCUT2D eigenvalue weighted by Gasteiger charge is 2.23. The summed E-state index contributed by atoms with van der Waals surface area (Å²) in [5, 5.41) is 0. The van der Waals surface area contributed by atoms with Crippen LogP contribution < -0.4 is 0 Å². The first-order valence-corrected chi connectivity index (χ1v) is 13.7. The van der Waals surface area contributed by atoms with Crippen molar-refractivity contribution in [2.75, 3.05) is 12.5 Å². The van der Waals surface area contributed by atoms with Crippen LogP contribution in [0.4, 0.5) is 0 Å². The Morgan fingerprint density at radius 2 is 1.27 bits per heavy atom. The first kappa shape index (κ1) is 27.2. The van der Waals surface area contributed by atoms with Crippen LogP contribution in [0.2, 0.25) is 0 Å². The fourth-order valence-electron chi connectivity index (χ4n) is 3.70. The molecule has 0 radical (unpaired) electrons. The molecule has 5 nitrogen and oxygen atoms in total. The maximum absolute atomic E-state index is 12.9. The van der Waals surface area contributed by atoms with E-state index in [1.165, 1.54) is 38.5 Å². The van der Waals surface area contributed by atoms with E-state index < -0.39 is 23.0 Å². The Morgan fingerprint density at radius 1 is 0.758 bits per heavy atom. The number of carbonyl (C=O) groups excluding carboxylic acids is 1. The Bertz CT molecular complexity index is 881. The zero-order chi connectivity index (χ0) is 23.8. The quantitative estimate of drug-likeness (QED) is 0.102. The van der Waals surface area contributed by atoms with Crippen molar-refractivity contribution in [3.05, 3.63) is 71.8 Å². The van der Waals surface area contributed by atoms with Crippen LogP contribution in [-0.2, 0) is 19.0 Å². The number of unbranched alkanes of at least 4 members (excludes halogenated alkanes) is 9. The monoisotopic (exact) mass is 474 g/mol. The Morgan fingerprint density at radius 3 is 1.85 bits per heavy atom. The zero-order valence-corrected chi connectivity index (χ0v) is 20.6. The van der Waals surface area contributed by atoms with E-state index in [1.54, 1.807) is 36.4 Å². The van der Waals surface area contributed by atoms with Crippen molar-refractivity contribution in [1.82, 2.24) is 0 Å².